The summed E-state index contributed by atoms with van der Waals surface area (Å²) in [5.74, 6) is 0.778. The van der Waals surface area contributed by atoms with Crippen LogP contribution in [0.4, 0.5) is 0 Å². The molecular formula is C25H26ClN3O3. The van der Waals surface area contributed by atoms with Crippen LogP contribution in [0, 0.1) is 0 Å². The van der Waals surface area contributed by atoms with Gasteiger partial charge < -0.3 is 14.5 Å². The maximum Gasteiger partial charge on any atom is 0.253 e. The number of rotatable bonds is 6. The number of carbonyl (C=O) groups excluding carboxylic acids is 2. The lowest BCUT2D eigenvalue weighted by atomic mass is 10.1. The van der Waals surface area contributed by atoms with E-state index in [2.05, 4.69) is 4.98 Å². The molecule has 1 saturated heterocycles. The van der Waals surface area contributed by atoms with Gasteiger partial charge >= 0.3 is 0 Å². The zero-order valence-corrected chi connectivity index (χ0v) is 18.5. The second-order valence-corrected chi connectivity index (χ2v) is 7.51. The van der Waals surface area contributed by atoms with E-state index in [0.29, 0.717) is 44.8 Å². The number of halogens is 1. The molecule has 0 saturated carbocycles. The highest BCUT2D eigenvalue weighted by molar-refractivity contribution is 5.94. The van der Waals surface area contributed by atoms with E-state index in [1.807, 2.05) is 59.5 Å². The molecule has 0 spiro atoms. The number of carbonyl (C=O) groups is 2. The van der Waals surface area contributed by atoms with Crippen molar-refractivity contribution in [3.63, 3.8) is 0 Å². The molecule has 7 heteroatoms. The van der Waals surface area contributed by atoms with Crippen LogP contribution in [0.25, 0.3) is 0 Å². The number of aromatic nitrogens is 1. The van der Waals surface area contributed by atoms with Crippen molar-refractivity contribution in [2.24, 2.45) is 0 Å². The van der Waals surface area contributed by atoms with Crippen molar-refractivity contribution >= 4 is 24.2 Å². The summed E-state index contributed by atoms with van der Waals surface area (Å²) in [4.78, 5) is 33.0. The van der Waals surface area contributed by atoms with E-state index in [4.69, 9.17) is 4.74 Å². The minimum Gasteiger partial charge on any atom is -0.489 e. The lowest BCUT2D eigenvalue weighted by Crippen LogP contribution is -2.51. The molecule has 0 unspecified atom stereocenters. The molecule has 0 bridgehead atoms. The van der Waals surface area contributed by atoms with Gasteiger partial charge in [-0.15, -0.1) is 12.4 Å². The average molecular weight is 452 g/mol. The van der Waals surface area contributed by atoms with Crippen molar-refractivity contribution in [2.75, 3.05) is 26.2 Å². The quantitative estimate of drug-likeness (QED) is 0.574. The number of ether oxygens (including phenoxy) is 1. The van der Waals surface area contributed by atoms with Crippen molar-refractivity contribution in [1.29, 1.82) is 0 Å². The normalized spacial score (nSPS) is 13.2. The van der Waals surface area contributed by atoms with Crippen LogP contribution in [0.1, 0.15) is 21.5 Å². The second-order valence-electron chi connectivity index (χ2n) is 7.51. The zero-order valence-electron chi connectivity index (χ0n) is 17.7. The molecule has 3 aromatic rings. The molecule has 1 aromatic heterocycles. The predicted molar refractivity (Wildman–Crippen MR) is 125 cm³/mol. The number of amides is 2. The van der Waals surface area contributed by atoms with Crippen LogP contribution >= 0.6 is 12.4 Å². The van der Waals surface area contributed by atoms with E-state index in [0.717, 1.165) is 16.9 Å². The van der Waals surface area contributed by atoms with Gasteiger partial charge in [0.1, 0.15) is 12.4 Å². The van der Waals surface area contributed by atoms with Gasteiger partial charge in [-0.2, -0.15) is 0 Å². The van der Waals surface area contributed by atoms with Gasteiger partial charge in [-0.25, -0.2) is 0 Å². The van der Waals surface area contributed by atoms with Gasteiger partial charge in [0.25, 0.3) is 5.91 Å². The molecule has 2 heterocycles. The van der Waals surface area contributed by atoms with Crippen LogP contribution < -0.4 is 4.74 Å². The van der Waals surface area contributed by atoms with Crippen molar-refractivity contribution in [3.8, 4) is 5.75 Å². The third-order valence-corrected chi connectivity index (χ3v) is 5.35. The Morgan fingerprint density at radius 3 is 2.12 bits per heavy atom. The van der Waals surface area contributed by atoms with Gasteiger partial charge in [0.05, 0.1) is 6.42 Å². The maximum absolute atomic E-state index is 12.8. The number of nitrogens with zero attached hydrogens (tertiary/aromatic N) is 3. The molecule has 2 aromatic carbocycles. The van der Waals surface area contributed by atoms with Crippen LogP contribution in [0.3, 0.4) is 0 Å². The van der Waals surface area contributed by atoms with Crippen LogP contribution in [0.5, 0.6) is 5.75 Å². The molecule has 32 heavy (non-hydrogen) atoms. The molecule has 1 aliphatic rings. The molecule has 2 amide bonds. The predicted octanol–water partition coefficient (Wildman–Crippen LogP) is 3.61. The number of piperazine rings is 1. The van der Waals surface area contributed by atoms with Crippen LogP contribution in [-0.2, 0) is 17.8 Å². The Morgan fingerprint density at radius 1 is 0.812 bits per heavy atom. The first kappa shape index (κ1) is 23.3. The molecule has 0 N–H and O–H groups in total. The molecule has 0 aliphatic carbocycles. The first-order valence-corrected chi connectivity index (χ1v) is 10.4. The number of pyridine rings is 1. The van der Waals surface area contributed by atoms with Gasteiger partial charge in [0.15, 0.2) is 0 Å². The van der Waals surface area contributed by atoms with Crippen LogP contribution in [-0.4, -0.2) is 52.8 Å². The topological polar surface area (TPSA) is 62.7 Å². The highest BCUT2D eigenvalue weighted by atomic mass is 35.5. The molecular weight excluding hydrogens is 426 g/mol. The van der Waals surface area contributed by atoms with E-state index >= 15 is 0 Å². The highest BCUT2D eigenvalue weighted by Gasteiger charge is 2.24. The smallest absolute Gasteiger partial charge is 0.253 e. The Labute approximate surface area is 194 Å². The molecule has 0 radical (unpaired) electrons. The molecule has 6 nitrogen and oxygen atoms in total. The van der Waals surface area contributed by atoms with Crippen molar-refractivity contribution < 1.29 is 14.3 Å². The first-order chi connectivity index (χ1) is 15.2. The van der Waals surface area contributed by atoms with Gasteiger partial charge in [-0.3, -0.25) is 14.6 Å². The van der Waals surface area contributed by atoms with Crippen molar-refractivity contribution in [3.05, 3.63) is 95.8 Å². The highest BCUT2D eigenvalue weighted by Crippen LogP contribution is 2.17. The standard InChI is InChI=1S/C25H25N3O3.ClH/c29-24(17-21-7-4-12-26-18-21)27-13-15-28(16-14-27)25(30)22-8-10-23(11-9-22)31-19-20-5-2-1-3-6-20;/h1-12,18H,13-17,19H2;1H. The van der Waals surface area contributed by atoms with Crippen LogP contribution in [0.2, 0.25) is 0 Å². The number of benzene rings is 2. The van der Waals surface area contributed by atoms with Crippen molar-refractivity contribution in [1.82, 2.24) is 14.8 Å². The molecule has 4 rings (SSSR count). The average Bonchev–Trinajstić information content (AvgIpc) is 2.84. The fourth-order valence-electron chi connectivity index (χ4n) is 3.57. The Hall–Kier alpha value is -3.38. The van der Waals surface area contributed by atoms with E-state index in [1.165, 1.54) is 0 Å². The first-order valence-electron chi connectivity index (χ1n) is 10.4. The van der Waals surface area contributed by atoms with Gasteiger partial charge in [-0.1, -0.05) is 36.4 Å². The summed E-state index contributed by atoms with van der Waals surface area (Å²) in [5.41, 5.74) is 2.63. The molecule has 1 aliphatic heterocycles. The molecule has 1 fully saturated rings. The fourth-order valence-corrected chi connectivity index (χ4v) is 3.57. The van der Waals surface area contributed by atoms with Crippen LogP contribution in [0.15, 0.2) is 79.1 Å². The Bertz CT molecular complexity index is 1010. The minimum absolute atomic E-state index is 0. The van der Waals surface area contributed by atoms with Gasteiger partial charge in [0, 0.05) is 44.1 Å². The largest absolute Gasteiger partial charge is 0.489 e. The lowest BCUT2D eigenvalue weighted by molar-refractivity contribution is -0.131. The fraction of sp³-hybridized carbons (Fsp3) is 0.240. The Kier molecular flexibility index (Phi) is 8.22. The Balaban J connectivity index is 0.00000289. The molecule has 0 atom stereocenters. The summed E-state index contributed by atoms with van der Waals surface area (Å²) in [6.07, 6.45) is 3.75. The number of hydrogen-bond acceptors (Lipinski definition) is 4. The van der Waals surface area contributed by atoms with Gasteiger partial charge in [0.2, 0.25) is 5.91 Å². The summed E-state index contributed by atoms with van der Waals surface area (Å²) in [7, 11) is 0. The third-order valence-electron chi connectivity index (χ3n) is 5.35. The zero-order chi connectivity index (χ0) is 21.5. The third kappa shape index (κ3) is 6.08. The van der Waals surface area contributed by atoms with E-state index in [1.54, 1.807) is 29.4 Å². The SMILES string of the molecule is Cl.O=C(Cc1cccnc1)N1CCN(C(=O)c2ccc(OCc3ccccc3)cc2)CC1. The summed E-state index contributed by atoms with van der Waals surface area (Å²) < 4.78 is 5.79. The summed E-state index contributed by atoms with van der Waals surface area (Å²) >= 11 is 0. The summed E-state index contributed by atoms with van der Waals surface area (Å²) in [5, 5.41) is 0. The summed E-state index contributed by atoms with van der Waals surface area (Å²) in [6.45, 7) is 2.64. The summed E-state index contributed by atoms with van der Waals surface area (Å²) in [6, 6.07) is 20.9. The second kappa shape index (κ2) is 11.3. The van der Waals surface area contributed by atoms with E-state index < -0.39 is 0 Å². The monoisotopic (exact) mass is 451 g/mol. The van der Waals surface area contributed by atoms with E-state index in [9.17, 15) is 9.59 Å². The Morgan fingerprint density at radius 2 is 1.47 bits per heavy atom. The maximum atomic E-state index is 12.8. The van der Waals surface area contributed by atoms with E-state index in [-0.39, 0.29) is 24.2 Å². The number of hydrogen-bond donors (Lipinski definition) is 0. The molecule has 166 valence electrons. The lowest BCUT2D eigenvalue weighted by Gasteiger charge is -2.35. The van der Waals surface area contributed by atoms with Crippen molar-refractivity contribution in [2.45, 2.75) is 13.0 Å². The van der Waals surface area contributed by atoms with Gasteiger partial charge in [-0.05, 0) is 41.5 Å². The minimum atomic E-state index is -0.0195.